The van der Waals surface area contributed by atoms with Gasteiger partial charge < -0.3 is 0 Å². The molecule has 2 aliphatic rings. The van der Waals surface area contributed by atoms with Crippen LogP contribution in [0.4, 0.5) is 0 Å². The van der Waals surface area contributed by atoms with Gasteiger partial charge >= 0.3 is 0 Å². The molecule has 2 rings (SSSR count). The summed E-state index contributed by atoms with van der Waals surface area (Å²) in [7, 11) is 0. The Morgan fingerprint density at radius 2 is 1.93 bits per heavy atom. The molecule has 0 amide bonds. The second-order valence-electron chi connectivity index (χ2n) is 5.17. The molecule has 0 aromatic rings. The Labute approximate surface area is 92.9 Å². The zero-order valence-corrected chi connectivity index (χ0v) is 9.80. The fraction of sp³-hybridized carbons (Fsp3) is 0.786. The lowest BCUT2D eigenvalue weighted by molar-refractivity contribution is -0.115. The molecule has 0 radical (unpaired) electrons. The number of carbonyl (C=O) groups excluding carboxylic acids is 1. The lowest BCUT2D eigenvalue weighted by atomic mass is 9.75. The lowest BCUT2D eigenvalue weighted by Crippen LogP contribution is -2.18. The van der Waals surface area contributed by atoms with Gasteiger partial charge in [0.15, 0.2) is 5.78 Å². The first kappa shape index (κ1) is 10.9. The Hall–Kier alpha value is -0.590. The summed E-state index contributed by atoms with van der Waals surface area (Å²) in [5.74, 6) is 2.08. The summed E-state index contributed by atoms with van der Waals surface area (Å²) in [6, 6.07) is 0. The van der Waals surface area contributed by atoms with E-state index < -0.39 is 0 Å². The third-order valence-corrected chi connectivity index (χ3v) is 4.18. The molecule has 1 nitrogen and oxygen atoms in total. The molecule has 0 N–H and O–H groups in total. The highest BCUT2D eigenvalue weighted by Crippen LogP contribution is 2.37. The predicted octanol–water partition coefficient (Wildman–Crippen LogP) is 3.88. The summed E-state index contributed by atoms with van der Waals surface area (Å²) < 4.78 is 0. The number of ketones is 1. The summed E-state index contributed by atoms with van der Waals surface area (Å²) in [4.78, 5) is 11.4. The first-order valence-electron chi connectivity index (χ1n) is 6.53. The smallest absolute Gasteiger partial charge is 0.155 e. The summed E-state index contributed by atoms with van der Waals surface area (Å²) >= 11 is 0. The van der Waals surface area contributed by atoms with Crippen LogP contribution in [0.25, 0.3) is 0 Å². The van der Waals surface area contributed by atoms with Crippen LogP contribution >= 0.6 is 0 Å². The average Bonchev–Trinajstić information content (AvgIpc) is 2.29. The van der Waals surface area contributed by atoms with E-state index in [2.05, 4.69) is 6.92 Å². The molecular weight excluding hydrogens is 184 g/mol. The van der Waals surface area contributed by atoms with E-state index in [9.17, 15) is 4.79 Å². The van der Waals surface area contributed by atoms with E-state index in [-0.39, 0.29) is 0 Å². The monoisotopic (exact) mass is 206 g/mol. The molecule has 1 heteroatoms. The molecular formula is C14H22O. The van der Waals surface area contributed by atoms with Crippen LogP contribution in [-0.2, 0) is 4.79 Å². The summed E-state index contributed by atoms with van der Waals surface area (Å²) in [5, 5.41) is 0. The Bertz CT molecular complexity index is 257. The standard InChI is InChI=1S/C14H22O/c1-2-11-6-8-12(9-7-11)13-4-3-5-14(15)10-13/h10-12H,2-9H2,1H3/t11-,12-. The normalized spacial score (nSPS) is 32.6. The Morgan fingerprint density at radius 3 is 2.53 bits per heavy atom. The van der Waals surface area contributed by atoms with Gasteiger partial charge in [0.1, 0.15) is 0 Å². The van der Waals surface area contributed by atoms with Crippen molar-refractivity contribution in [3.63, 3.8) is 0 Å². The van der Waals surface area contributed by atoms with Gasteiger partial charge in [-0.3, -0.25) is 4.79 Å². The molecule has 0 heterocycles. The topological polar surface area (TPSA) is 17.1 Å². The summed E-state index contributed by atoms with van der Waals surface area (Å²) in [6.07, 6.45) is 11.8. The van der Waals surface area contributed by atoms with Gasteiger partial charge in [-0.25, -0.2) is 0 Å². The maximum absolute atomic E-state index is 11.4. The molecule has 84 valence electrons. The average molecular weight is 206 g/mol. The lowest BCUT2D eigenvalue weighted by Gasteiger charge is -2.30. The van der Waals surface area contributed by atoms with Gasteiger partial charge in [0.2, 0.25) is 0 Å². The van der Waals surface area contributed by atoms with Crippen LogP contribution in [0.2, 0.25) is 0 Å². The van der Waals surface area contributed by atoms with Gasteiger partial charge in [-0.15, -0.1) is 0 Å². The first-order chi connectivity index (χ1) is 7.29. The maximum Gasteiger partial charge on any atom is 0.155 e. The van der Waals surface area contributed by atoms with Crippen molar-refractivity contribution in [2.45, 2.75) is 58.3 Å². The highest BCUT2D eigenvalue weighted by Gasteiger charge is 2.24. The van der Waals surface area contributed by atoms with E-state index in [0.29, 0.717) is 5.78 Å². The van der Waals surface area contributed by atoms with Crippen LogP contribution in [0.5, 0.6) is 0 Å². The number of rotatable bonds is 2. The van der Waals surface area contributed by atoms with E-state index in [0.717, 1.165) is 24.7 Å². The highest BCUT2D eigenvalue weighted by atomic mass is 16.1. The molecule has 0 atom stereocenters. The number of hydrogen-bond donors (Lipinski definition) is 0. The van der Waals surface area contributed by atoms with Crippen LogP contribution in [0.1, 0.15) is 58.3 Å². The number of allylic oxidation sites excluding steroid dienone is 2. The molecule has 0 spiro atoms. The fourth-order valence-corrected chi connectivity index (χ4v) is 3.08. The van der Waals surface area contributed by atoms with E-state index in [4.69, 9.17) is 0 Å². The second-order valence-corrected chi connectivity index (χ2v) is 5.17. The van der Waals surface area contributed by atoms with Crippen LogP contribution in [0.15, 0.2) is 11.6 Å². The van der Waals surface area contributed by atoms with Crippen molar-refractivity contribution in [2.75, 3.05) is 0 Å². The predicted molar refractivity (Wildman–Crippen MR) is 62.7 cm³/mol. The van der Waals surface area contributed by atoms with Gasteiger partial charge in [0, 0.05) is 6.42 Å². The van der Waals surface area contributed by atoms with Crippen molar-refractivity contribution in [1.82, 2.24) is 0 Å². The van der Waals surface area contributed by atoms with Crippen LogP contribution in [0, 0.1) is 11.8 Å². The third-order valence-electron chi connectivity index (χ3n) is 4.18. The minimum Gasteiger partial charge on any atom is -0.295 e. The van der Waals surface area contributed by atoms with Gasteiger partial charge in [-0.1, -0.05) is 18.9 Å². The van der Waals surface area contributed by atoms with Gasteiger partial charge in [-0.05, 0) is 56.4 Å². The van der Waals surface area contributed by atoms with E-state index in [1.165, 1.54) is 44.1 Å². The highest BCUT2D eigenvalue weighted by molar-refractivity contribution is 5.91. The van der Waals surface area contributed by atoms with Crippen molar-refractivity contribution in [1.29, 1.82) is 0 Å². The minimum absolute atomic E-state index is 0.369. The van der Waals surface area contributed by atoms with Gasteiger partial charge in [0.25, 0.3) is 0 Å². The van der Waals surface area contributed by atoms with E-state index in [1.807, 2.05) is 6.08 Å². The Kier molecular flexibility index (Phi) is 3.61. The van der Waals surface area contributed by atoms with E-state index in [1.54, 1.807) is 0 Å². The molecule has 0 aromatic heterocycles. The van der Waals surface area contributed by atoms with Crippen molar-refractivity contribution < 1.29 is 4.79 Å². The Morgan fingerprint density at radius 1 is 1.20 bits per heavy atom. The zero-order valence-electron chi connectivity index (χ0n) is 9.80. The van der Waals surface area contributed by atoms with E-state index >= 15 is 0 Å². The fourth-order valence-electron chi connectivity index (χ4n) is 3.08. The number of carbonyl (C=O) groups is 1. The van der Waals surface area contributed by atoms with Crippen LogP contribution in [-0.4, -0.2) is 5.78 Å². The second kappa shape index (κ2) is 4.96. The zero-order chi connectivity index (χ0) is 10.7. The minimum atomic E-state index is 0.369. The Balaban J connectivity index is 1.92. The summed E-state index contributed by atoms with van der Waals surface area (Å²) in [6.45, 7) is 2.30. The van der Waals surface area contributed by atoms with Gasteiger partial charge in [0.05, 0.1) is 0 Å². The van der Waals surface area contributed by atoms with Crippen molar-refractivity contribution in [3.8, 4) is 0 Å². The van der Waals surface area contributed by atoms with Crippen LogP contribution < -0.4 is 0 Å². The largest absolute Gasteiger partial charge is 0.295 e. The molecule has 1 fully saturated rings. The molecule has 2 aliphatic carbocycles. The molecule has 0 saturated heterocycles. The molecule has 0 unspecified atom stereocenters. The summed E-state index contributed by atoms with van der Waals surface area (Å²) in [5.41, 5.74) is 1.47. The number of hydrogen-bond acceptors (Lipinski definition) is 1. The molecule has 0 aliphatic heterocycles. The molecule has 0 aromatic carbocycles. The van der Waals surface area contributed by atoms with Crippen molar-refractivity contribution in [3.05, 3.63) is 11.6 Å². The van der Waals surface area contributed by atoms with Crippen LogP contribution in [0.3, 0.4) is 0 Å². The third kappa shape index (κ3) is 2.70. The molecule has 15 heavy (non-hydrogen) atoms. The van der Waals surface area contributed by atoms with Crippen molar-refractivity contribution in [2.24, 2.45) is 11.8 Å². The van der Waals surface area contributed by atoms with Crippen molar-refractivity contribution >= 4 is 5.78 Å². The SMILES string of the molecule is CC[C@H]1CC[C@H](C2=CC(=O)CCC2)CC1. The maximum atomic E-state index is 11.4. The van der Waals surface area contributed by atoms with Gasteiger partial charge in [-0.2, -0.15) is 0 Å². The molecule has 0 bridgehead atoms. The first-order valence-corrected chi connectivity index (χ1v) is 6.53. The quantitative estimate of drug-likeness (QED) is 0.670. The molecule has 1 saturated carbocycles.